The van der Waals surface area contributed by atoms with E-state index in [1.165, 1.54) is 12.8 Å². The van der Waals surface area contributed by atoms with Crippen molar-refractivity contribution < 1.29 is 9.53 Å². The van der Waals surface area contributed by atoms with E-state index in [0.29, 0.717) is 5.92 Å². The van der Waals surface area contributed by atoms with Crippen molar-refractivity contribution in [1.82, 2.24) is 10.3 Å². The Bertz CT molecular complexity index is 608. The summed E-state index contributed by atoms with van der Waals surface area (Å²) in [4.78, 5) is 18.7. The van der Waals surface area contributed by atoms with E-state index in [1.807, 2.05) is 33.0 Å². The Labute approximate surface area is 143 Å². The number of rotatable bonds is 3. The fourth-order valence-electron chi connectivity index (χ4n) is 3.22. The molecule has 0 aromatic carbocycles. The van der Waals surface area contributed by atoms with Gasteiger partial charge in [-0.1, -0.05) is 0 Å². The number of carbonyl (C=O) groups is 1. The molecule has 2 heterocycles. The summed E-state index contributed by atoms with van der Waals surface area (Å²) >= 11 is 0. The van der Waals surface area contributed by atoms with Gasteiger partial charge in [-0.05, 0) is 52.5 Å². The first-order valence-corrected chi connectivity index (χ1v) is 8.82. The average Bonchev–Trinajstić information content (AvgIpc) is 3.30. The summed E-state index contributed by atoms with van der Waals surface area (Å²) in [6.45, 7) is 7.31. The summed E-state index contributed by atoms with van der Waals surface area (Å²) in [5.41, 5.74) is 8.77. The number of nitrogens with zero attached hydrogens (tertiary/aromatic N) is 2. The second-order valence-corrected chi connectivity index (χ2v) is 7.83. The maximum Gasteiger partial charge on any atom is 0.407 e. The van der Waals surface area contributed by atoms with E-state index in [-0.39, 0.29) is 12.1 Å². The monoisotopic (exact) mass is 332 g/mol. The smallest absolute Gasteiger partial charge is 0.407 e. The summed E-state index contributed by atoms with van der Waals surface area (Å²) in [5.74, 6) is 0.533. The van der Waals surface area contributed by atoms with E-state index in [4.69, 9.17) is 10.5 Å². The van der Waals surface area contributed by atoms with Crippen molar-refractivity contribution >= 4 is 17.5 Å². The molecule has 1 aliphatic heterocycles. The Morgan fingerprint density at radius 1 is 1.38 bits per heavy atom. The number of aromatic nitrogens is 1. The molecule has 0 spiro atoms. The SMILES string of the molecule is CC(C)(C)OC(=O)N[C@@H]1CCCN(c2ccnc(C3CC3)c2N)C1. The van der Waals surface area contributed by atoms with Gasteiger partial charge in [0.25, 0.3) is 0 Å². The molecule has 3 rings (SSSR count). The van der Waals surface area contributed by atoms with Crippen molar-refractivity contribution in [2.75, 3.05) is 23.7 Å². The number of nitrogen functional groups attached to an aromatic ring is 1. The largest absolute Gasteiger partial charge is 0.444 e. The highest BCUT2D eigenvalue weighted by Crippen LogP contribution is 2.43. The van der Waals surface area contributed by atoms with Crippen molar-refractivity contribution in [3.05, 3.63) is 18.0 Å². The lowest BCUT2D eigenvalue weighted by Gasteiger charge is -2.35. The predicted octanol–water partition coefficient (Wildman–Crippen LogP) is 3.03. The summed E-state index contributed by atoms with van der Waals surface area (Å²) in [7, 11) is 0. The molecule has 1 aromatic heterocycles. The molecule has 3 N–H and O–H groups in total. The molecule has 1 aliphatic carbocycles. The minimum atomic E-state index is -0.479. The van der Waals surface area contributed by atoms with Crippen LogP contribution in [0.25, 0.3) is 0 Å². The van der Waals surface area contributed by atoms with Crippen LogP contribution >= 0.6 is 0 Å². The first kappa shape index (κ1) is 16.9. The predicted molar refractivity (Wildman–Crippen MR) is 95.2 cm³/mol. The Hall–Kier alpha value is -1.98. The number of ether oxygens (including phenoxy) is 1. The lowest BCUT2D eigenvalue weighted by molar-refractivity contribution is 0.0500. The maximum atomic E-state index is 12.0. The van der Waals surface area contributed by atoms with Crippen molar-refractivity contribution in [2.45, 2.75) is 64.0 Å². The van der Waals surface area contributed by atoms with Crippen LogP contribution in [0.2, 0.25) is 0 Å². The van der Waals surface area contributed by atoms with E-state index in [1.54, 1.807) is 0 Å². The number of hydrogen-bond acceptors (Lipinski definition) is 5. The topological polar surface area (TPSA) is 80.5 Å². The van der Waals surface area contributed by atoms with Gasteiger partial charge in [-0.2, -0.15) is 0 Å². The highest BCUT2D eigenvalue weighted by atomic mass is 16.6. The molecule has 1 amide bonds. The van der Waals surface area contributed by atoms with Crippen LogP contribution in [0.3, 0.4) is 0 Å². The van der Waals surface area contributed by atoms with Gasteiger partial charge < -0.3 is 20.7 Å². The second-order valence-electron chi connectivity index (χ2n) is 7.83. The maximum absolute atomic E-state index is 12.0. The number of anilines is 2. The van der Waals surface area contributed by atoms with Gasteiger partial charge in [0.2, 0.25) is 0 Å². The number of nitrogens with two attached hydrogens (primary N) is 1. The van der Waals surface area contributed by atoms with Gasteiger partial charge in [-0.3, -0.25) is 4.98 Å². The van der Waals surface area contributed by atoms with Crippen LogP contribution in [-0.2, 0) is 4.74 Å². The standard InChI is InChI=1S/C18H28N4O2/c1-18(2,3)24-17(23)21-13-5-4-10-22(11-13)14-8-9-20-16(15(14)19)12-6-7-12/h8-9,12-13H,4-7,10-11,19H2,1-3H3,(H,21,23)/t13-/m1/s1. The minimum Gasteiger partial charge on any atom is -0.444 e. The quantitative estimate of drug-likeness (QED) is 0.889. The zero-order chi connectivity index (χ0) is 17.3. The molecule has 2 aliphatic rings. The summed E-state index contributed by atoms with van der Waals surface area (Å²) in [5, 5.41) is 2.99. The number of piperidine rings is 1. The molecule has 1 saturated heterocycles. The average molecular weight is 332 g/mol. The molecule has 1 atom stereocenters. The lowest BCUT2D eigenvalue weighted by Crippen LogP contribution is -2.49. The molecule has 1 saturated carbocycles. The zero-order valence-corrected chi connectivity index (χ0v) is 14.8. The molecule has 2 fully saturated rings. The third kappa shape index (κ3) is 4.10. The molecule has 0 radical (unpaired) electrons. The normalized spacial score (nSPS) is 21.5. The van der Waals surface area contributed by atoms with E-state index >= 15 is 0 Å². The number of nitrogens with one attached hydrogen (secondary N) is 1. The highest BCUT2D eigenvalue weighted by Gasteiger charge is 2.30. The van der Waals surface area contributed by atoms with Gasteiger partial charge in [0.15, 0.2) is 0 Å². The first-order chi connectivity index (χ1) is 11.3. The number of hydrogen-bond donors (Lipinski definition) is 2. The number of amides is 1. The van der Waals surface area contributed by atoms with E-state index in [9.17, 15) is 4.79 Å². The lowest BCUT2D eigenvalue weighted by atomic mass is 10.0. The van der Waals surface area contributed by atoms with Crippen LogP contribution in [0.4, 0.5) is 16.2 Å². The number of carbonyl (C=O) groups excluding carboxylic acids is 1. The van der Waals surface area contributed by atoms with Gasteiger partial charge in [0.05, 0.1) is 17.1 Å². The van der Waals surface area contributed by atoms with Crippen LogP contribution in [0, 0.1) is 0 Å². The third-order valence-electron chi connectivity index (χ3n) is 4.44. The van der Waals surface area contributed by atoms with E-state index in [0.717, 1.165) is 43.0 Å². The fourth-order valence-corrected chi connectivity index (χ4v) is 3.22. The van der Waals surface area contributed by atoms with Crippen LogP contribution < -0.4 is 16.0 Å². The summed E-state index contributed by atoms with van der Waals surface area (Å²) in [6, 6.07) is 2.06. The summed E-state index contributed by atoms with van der Waals surface area (Å²) in [6.07, 6.45) is 5.84. The molecular weight excluding hydrogens is 304 g/mol. The molecule has 6 nitrogen and oxygen atoms in total. The summed E-state index contributed by atoms with van der Waals surface area (Å²) < 4.78 is 5.36. The van der Waals surface area contributed by atoms with Crippen LogP contribution in [-0.4, -0.2) is 35.8 Å². The Morgan fingerprint density at radius 3 is 2.79 bits per heavy atom. The minimum absolute atomic E-state index is 0.0746. The second kappa shape index (κ2) is 6.49. The number of pyridine rings is 1. The molecule has 6 heteroatoms. The molecule has 0 unspecified atom stereocenters. The van der Waals surface area contributed by atoms with E-state index in [2.05, 4.69) is 15.2 Å². The fraction of sp³-hybridized carbons (Fsp3) is 0.667. The Kier molecular flexibility index (Phi) is 4.56. The molecule has 0 bridgehead atoms. The van der Waals surface area contributed by atoms with Crippen molar-refractivity contribution in [3.63, 3.8) is 0 Å². The Morgan fingerprint density at radius 2 is 2.12 bits per heavy atom. The highest BCUT2D eigenvalue weighted by molar-refractivity contribution is 5.71. The van der Waals surface area contributed by atoms with Crippen LogP contribution in [0.1, 0.15) is 58.1 Å². The van der Waals surface area contributed by atoms with Gasteiger partial charge in [-0.25, -0.2) is 4.79 Å². The van der Waals surface area contributed by atoms with Crippen molar-refractivity contribution in [3.8, 4) is 0 Å². The molecular formula is C18H28N4O2. The van der Waals surface area contributed by atoms with Gasteiger partial charge in [0, 0.05) is 31.2 Å². The van der Waals surface area contributed by atoms with E-state index < -0.39 is 5.60 Å². The number of alkyl carbamates (subject to hydrolysis) is 1. The third-order valence-corrected chi connectivity index (χ3v) is 4.44. The molecule has 1 aromatic rings. The molecule has 132 valence electrons. The van der Waals surface area contributed by atoms with Gasteiger partial charge in [-0.15, -0.1) is 0 Å². The van der Waals surface area contributed by atoms with Gasteiger partial charge >= 0.3 is 6.09 Å². The van der Waals surface area contributed by atoms with Gasteiger partial charge in [0.1, 0.15) is 5.60 Å². The molecule has 24 heavy (non-hydrogen) atoms. The van der Waals surface area contributed by atoms with Crippen LogP contribution in [0.15, 0.2) is 12.3 Å². The van der Waals surface area contributed by atoms with Crippen molar-refractivity contribution in [1.29, 1.82) is 0 Å². The Balaban J connectivity index is 1.65. The van der Waals surface area contributed by atoms with Crippen molar-refractivity contribution in [2.24, 2.45) is 0 Å². The van der Waals surface area contributed by atoms with Crippen LogP contribution in [0.5, 0.6) is 0 Å². The zero-order valence-electron chi connectivity index (χ0n) is 14.8. The first-order valence-electron chi connectivity index (χ1n) is 8.82.